The minimum atomic E-state index is 0.0954. The summed E-state index contributed by atoms with van der Waals surface area (Å²) < 4.78 is 7.66. The summed E-state index contributed by atoms with van der Waals surface area (Å²) in [5, 5.41) is 7.64. The third kappa shape index (κ3) is 4.20. The van der Waals surface area contributed by atoms with Gasteiger partial charge < -0.3 is 15.0 Å². The molecule has 0 aliphatic carbocycles. The van der Waals surface area contributed by atoms with Gasteiger partial charge in [0.15, 0.2) is 0 Å². The summed E-state index contributed by atoms with van der Waals surface area (Å²) in [4.78, 5) is 16.7. The molecule has 0 saturated carbocycles. The highest BCUT2D eigenvalue weighted by molar-refractivity contribution is 5.74. The van der Waals surface area contributed by atoms with Crippen molar-refractivity contribution in [1.29, 1.82) is 0 Å². The van der Waals surface area contributed by atoms with Crippen LogP contribution in [0, 0.1) is 5.92 Å². The van der Waals surface area contributed by atoms with E-state index in [4.69, 9.17) is 4.74 Å². The Morgan fingerprint density at radius 3 is 2.88 bits per heavy atom. The molecule has 0 aromatic carbocycles. The molecule has 3 aliphatic rings. The third-order valence-electron chi connectivity index (χ3n) is 5.96. The van der Waals surface area contributed by atoms with Crippen molar-refractivity contribution in [3.8, 4) is 0 Å². The van der Waals surface area contributed by atoms with Gasteiger partial charge in [0, 0.05) is 58.7 Å². The van der Waals surface area contributed by atoms with Crippen LogP contribution in [0.5, 0.6) is 0 Å². The zero-order valence-electron chi connectivity index (χ0n) is 15.6. The maximum atomic E-state index is 12.2. The first-order chi connectivity index (χ1) is 12.8. The Morgan fingerprint density at radius 1 is 1.27 bits per heavy atom. The minimum Gasteiger partial charge on any atom is -0.381 e. The molecule has 0 unspecified atom stereocenters. The molecule has 144 valence electrons. The molecule has 1 atom stereocenters. The average molecular weight is 361 g/mol. The van der Waals surface area contributed by atoms with Crippen LogP contribution in [-0.4, -0.2) is 71.5 Å². The predicted octanol–water partition coefficient (Wildman–Crippen LogP) is 1.86. The Labute approximate surface area is 155 Å². The second-order valence-electron chi connectivity index (χ2n) is 7.89. The molecule has 4 heterocycles. The number of nitrogens with zero attached hydrogens (tertiary/aromatic N) is 4. The average Bonchev–Trinajstić information content (AvgIpc) is 3.34. The van der Waals surface area contributed by atoms with Gasteiger partial charge in [0.25, 0.3) is 0 Å². The molecule has 0 radical (unpaired) electrons. The van der Waals surface area contributed by atoms with Gasteiger partial charge in [0.05, 0.1) is 11.7 Å². The Balaban J connectivity index is 1.30. The number of aromatic nitrogens is 2. The second-order valence-corrected chi connectivity index (χ2v) is 7.89. The maximum absolute atomic E-state index is 12.2. The zero-order chi connectivity index (χ0) is 17.8. The van der Waals surface area contributed by atoms with Crippen LogP contribution in [0.25, 0.3) is 0 Å². The monoisotopic (exact) mass is 361 g/mol. The number of hydrogen-bond donors (Lipinski definition) is 1. The van der Waals surface area contributed by atoms with Crippen LogP contribution in [-0.2, 0) is 11.3 Å². The van der Waals surface area contributed by atoms with Gasteiger partial charge in [-0.3, -0.25) is 9.58 Å². The summed E-state index contributed by atoms with van der Waals surface area (Å²) in [6.45, 7) is 7.47. The molecule has 4 rings (SSSR count). The summed E-state index contributed by atoms with van der Waals surface area (Å²) in [5.74, 6) is 0.744. The summed E-state index contributed by atoms with van der Waals surface area (Å²) in [6, 6.07) is 2.57. The molecule has 26 heavy (non-hydrogen) atoms. The third-order valence-corrected chi connectivity index (χ3v) is 5.96. The predicted molar refractivity (Wildman–Crippen MR) is 98.9 cm³/mol. The van der Waals surface area contributed by atoms with Crippen LogP contribution in [0.2, 0.25) is 0 Å². The van der Waals surface area contributed by atoms with Crippen molar-refractivity contribution >= 4 is 6.03 Å². The molecule has 7 heteroatoms. The van der Waals surface area contributed by atoms with Crippen molar-refractivity contribution in [2.45, 2.75) is 44.7 Å². The number of rotatable bonds is 5. The van der Waals surface area contributed by atoms with E-state index in [1.54, 1.807) is 0 Å². The van der Waals surface area contributed by atoms with E-state index >= 15 is 0 Å². The molecule has 2 saturated heterocycles. The molecule has 2 amide bonds. The van der Waals surface area contributed by atoms with Crippen LogP contribution in [0.3, 0.4) is 0 Å². The van der Waals surface area contributed by atoms with Gasteiger partial charge in [-0.25, -0.2) is 4.79 Å². The first-order valence-electron chi connectivity index (χ1n) is 10.1. The summed E-state index contributed by atoms with van der Waals surface area (Å²) in [7, 11) is 0. The second kappa shape index (κ2) is 8.39. The van der Waals surface area contributed by atoms with Crippen molar-refractivity contribution in [2.75, 3.05) is 45.9 Å². The number of ether oxygens (including phenoxy) is 1. The quantitative estimate of drug-likeness (QED) is 0.870. The molecule has 0 spiro atoms. The SMILES string of the molecule is O=C(NCC[C@@H]1CN(CC2CCOCC2)Cc2ccnn21)N1CCCC1. The number of urea groups is 1. The van der Waals surface area contributed by atoms with E-state index in [2.05, 4.69) is 26.1 Å². The van der Waals surface area contributed by atoms with Crippen LogP contribution in [0.15, 0.2) is 12.3 Å². The number of nitrogens with one attached hydrogen (secondary N) is 1. The van der Waals surface area contributed by atoms with Gasteiger partial charge in [0.1, 0.15) is 0 Å². The van der Waals surface area contributed by atoms with E-state index in [0.717, 1.165) is 71.1 Å². The van der Waals surface area contributed by atoms with Crippen molar-refractivity contribution in [3.63, 3.8) is 0 Å². The summed E-state index contributed by atoms with van der Waals surface area (Å²) in [6.07, 6.45) is 7.45. The standard InChI is InChI=1S/C19H31N5O2/c25-19(23-9-1-2-10-23)20-7-3-17-14-22(13-16-5-11-26-12-6-16)15-18-4-8-21-24(17)18/h4,8,16-17H,1-3,5-7,9-15H2,(H,20,25)/t17-/m1/s1. The van der Waals surface area contributed by atoms with E-state index in [1.807, 2.05) is 11.1 Å². The van der Waals surface area contributed by atoms with E-state index in [0.29, 0.717) is 12.6 Å². The summed E-state index contributed by atoms with van der Waals surface area (Å²) >= 11 is 0. The highest BCUT2D eigenvalue weighted by Gasteiger charge is 2.28. The maximum Gasteiger partial charge on any atom is 0.317 e. The Bertz CT molecular complexity index is 593. The first kappa shape index (κ1) is 17.8. The molecular formula is C19H31N5O2. The van der Waals surface area contributed by atoms with Crippen LogP contribution >= 0.6 is 0 Å². The zero-order valence-corrected chi connectivity index (χ0v) is 15.6. The van der Waals surface area contributed by atoms with Crippen molar-refractivity contribution in [1.82, 2.24) is 24.9 Å². The van der Waals surface area contributed by atoms with E-state index in [9.17, 15) is 4.79 Å². The number of carbonyl (C=O) groups excluding carboxylic acids is 1. The van der Waals surface area contributed by atoms with Gasteiger partial charge in [-0.05, 0) is 44.1 Å². The largest absolute Gasteiger partial charge is 0.381 e. The Hall–Kier alpha value is -1.60. The van der Waals surface area contributed by atoms with Crippen molar-refractivity contribution in [2.24, 2.45) is 5.92 Å². The number of amides is 2. The molecule has 1 N–H and O–H groups in total. The lowest BCUT2D eigenvalue weighted by atomic mass is 9.98. The normalized spacial score (nSPS) is 24.6. The molecule has 1 aromatic rings. The van der Waals surface area contributed by atoms with Gasteiger partial charge in [0.2, 0.25) is 0 Å². The Morgan fingerprint density at radius 2 is 2.08 bits per heavy atom. The highest BCUT2D eigenvalue weighted by atomic mass is 16.5. The molecule has 0 bridgehead atoms. The van der Waals surface area contributed by atoms with Crippen molar-refractivity contribution in [3.05, 3.63) is 18.0 Å². The fourth-order valence-electron chi connectivity index (χ4n) is 4.49. The lowest BCUT2D eigenvalue weighted by Crippen LogP contribution is -2.43. The molecular weight excluding hydrogens is 330 g/mol. The van der Waals surface area contributed by atoms with Gasteiger partial charge in [-0.15, -0.1) is 0 Å². The molecule has 1 aromatic heterocycles. The topological polar surface area (TPSA) is 62.6 Å². The lowest BCUT2D eigenvalue weighted by molar-refractivity contribution is 0.0443. The fourth-order valence-corrected chi connectivity index (χ4v) is 4.49. The molecule has 3 aliphatic heterocycles. The van der Waals surface area contributed by atoms with E-state index < -0.39 is 0 Å². The number of fused-ring (bicyclic) bond motifs is 1. The minimum absolute atomic E-state index is 0.0954. The number of hydrogen-bond acceptors (Lipinski definition) is 4. The summed E-state index contributed by atoms with van der Waals surface area (Å²) in [5.41, 5.74) is 1.29. The van der Waals surface area contributed by atoms with Gasteiger partial charge in [-0.1, -0.05) is 0 Å². The lowest BCUT2D eigenvalue weighted by Gasteiger charge is -2.36. The van der Waals surface area contributed by atoms with E-state index in [-0.39, 0.29) is 6.03 Å². The fraction of sp³-hybridized carbons (Fsp3) is 0.789. The molecule has 2 fully saturated rings. The number of carbonyl (C=O) groups is 1. The Kier molecular flexibility index (Phi) is 5.75. The highest BCUT2D eigenvalue weighted by Crippen LogP contribution is 2.25. The van der Waals surface area contributed by atoms with Crippen LogP contribution < -0.4 is 5.32 Å². The van der Waals surface area contributed by atoms with Gasteiger partial charge in [-0.2, -0.15) is 5.10 Å². The van der Waals surface area contributed by atoms with E-state index in [1.165, 1.54) is 18.5 Å². The van der Waals surface area contributed by atoms with Crippen LogP contribution in [0.4, 0.5) is 4.79 Å². The van der Waals surface area contributed by atoms with Gasteiger partial charge >= 0.3 is 6.03 Å². The van der Waals surface area contributed by atoms with Crippen LogP contribution in [0.1, 0.15) is 43.8 Å². The first-order valence-corrected chi connectivity index (χ1v) is 10.1. The molecule has 7 nitrogen and oxygen atoms in total. The smallest absolute Gasteiger partial charge is 0.317 e. The van der Waals surface area contributed by atoms with Crippen molar-refractivity contribution < 1.29 is 9.53 Å². The number of likely N-dealkylation sites (tertiary alicyclic amines) is 1.